The third kappa shape index (κ3) is 3.77. The zero-order chi connectivity index (χ0) is 15.4. The van der Waals surface area contributed by atoms with E-state index in [1.165, 1.54) is 0 Å². The lowest BCUT2D eigenvalue weighted by Crippen LogP contribution is -2.37. The zero-order valence-corrected chi connectivity index (χ0v) is 13.3. The predicted molar refractivity (Wildman–Crippen MR) is 85.9 cm³/mol. The Bertz CT molecular complexity index is 497. The van der Waals surface area contributed by atoms with E-state index in [1.54, 1.807) is 6.92 Å². The number of likely N-dealkylation sites (tertiary alicyclic amines) is 1. The number of rotatable bonds is 3. The number of ether oxygens (including phenoxy) is 1. The molecule has 22 heavy (non-hydrogen) atoms. The van der Waals surface area contributed by atoms with Crippen LogP contribution in [0.5, 0.6) is 0 Å². The number of nitrogens with zero attached hydrogens (tertiary/aromatic N) is 2. The lowest BCUT2D eigenvalue weighted by Gasteiger charge is -2.31. The molecule has 0 bridgehead atoms. The highest BCUT2D eigenvalue weighted by Crippen LogP contribution is 2.26. The molecule has 0 radical (unpaired) electrons. The minimum atomic E-state index is 0.169. The summed E-state index contributed by atoms with van der Waals surface area (Å²) in [5, 5.41) is 3.53. The highest BCUT2D eigenvalue weighted by Gasteiger charge is 2.23. The van der Waals surface area contributed by atoms with Crippen molar-refractivity contribution in [2.24, 2.45) is 0 Å². The molecule has 1 atom stereocenters. The number of pyridine rings is 1. The van der Waals surface area contributed by atoms with Crippen LogP contribution in [-0.4, -0.2) is 48.1 Å². The number of piperidine rings is 1. The average molecular weight is 303 g/mol. The van der Waals surface area contributed by atoms with Crippen LogP contribution in [-0.2, 0) is 9.53 Å². The first-order valence-electron chi connectivity index (χ1n) is 8.28. The number of hydrogen-bond acceptors (Lipinski definition) is 4. The summed E-state index contributed by atoms with van der Waals surface area (Å²) in [6.45, 7) is 5.01. The van der Waals surface area contributed by atoms with Crippen LogP contribution in [0.1, 0.15) is 44.2 Å². The molecule has 2 aliphatic heterocycles. The van der Waals surface area contributed by atoms with Crippen LogP contribution in [0.15, 0.2) is 18.3 Å². The van der Waals surface area contributed by atoms with Gasteiger partial charge >= 0.3 is 0 Å². The molecule has 3 heterocycles. The highest BCUT2D eigenvalue weighted by atomic mass is 16.5. The topological polar surface area (TPSA) is 54.5 Å². The molecule has 1 aromatic rings. The van der Waals surface area contributed by atoms with Crippen molar-refractivity contribution in [2.45, 2.75) is 44.6 Å². The van der Waals surface area contributed by atoms with E-state index in [0.717, 1.165) is 63.4 Å². The number of amides is 1. The number of carbonyl (C=O) groups excluding carboxylic acids is 1. The third-order valence-electron chi connectivity index (χ3n) is 4.66. The van der Waals surface area contributed by atoms with E-state index in [4.69, 9.17) is 4.74 Å². The molecule has 1 N–H and O–H groups in total. The summed E-state index contributed by atoms with van der Waals surface area (Å²) in [6, 6.07) is 4.71. The molecule has 0 saturated carbocycles. The van der Waals surface area contributed by atoms with Gasteiger partial charge in [-0.3, -0.25) is 9.78 Å². The van der Waals surface area contributed by atoms with Crippen LogP contribution in [0.4, 0.5) is 5.69 Å². The van der Waals surface area contributed by atoms with Gasteiger partial charge in [-0.25, -0.2) is 0 Å². The lowest BCUT2D eigenvalue weighted by molar-refractivity contribution is -0.130. The fraction of sp³-hybridized carbons (Fsp3) is 0.647. The molecule has 0 spiro atoms. The molecule has 5 nitrogen and oxygen atoms in total. The van der Waals surface area contributed by atoms with Crippen molar-refractivity contribution in [3.05, 3.63) is 24.0 Å². The summed E-state index contributed by atoms with van der Waals surface area (Å²) >= 11 is 0. The average Bonchev–Trinajstić information content (AvgIpc) is 2.56. The largest absolute Gasteiger partial charge is 0.381 e. The second-order valence-corrected chi connectivity index (χ2v) is 6.31. The fourth-order valence-electron chi connectivity index (χ4n) is 3.31. The normalized spacial score (nSPS) is 23.3. The van der Waals surface area contributed by atoms with E-state index >= 15 is 0 Å². The minimum Gasteiger partial charge on any atom is -0.381 e. The Balaban J connectivity index is 1.59. The number of nitrogens with one attached hydrogen (secondary N) is 1. The summed E-state index contributed by atoms with van der Waals surface area (Å²) in [5.74, 6) is 0.539. The smallest absolute Gasteiger partial charge is 0.219 e. The van der Waals surface area contributed by atoms with Crippen LogP contribution in [0, 0.1) is 0 Å². The van der Waals surface area contributed by atoms with Crippen LogP contribution in [0.2, 0.25) is 0 Å². The highest BCUT2D eigenvalue weighted by molar-refractivity contribution is 5.73. The van der Waals surface area contributed by atoms with E-state index in [-0.39, 0.29) is 5.91 Å². The molecule has 0 aromatic carbocycles. The molecule has 3 rings (SSSR count). The third-order valence-corrected chi connectivity index (χ3v) is 4.66. The molecule has 1 amide bonds. The Hall–Kier alpha value is -1.62. The number of anilines is 1. The molecule has 0 aliphatic carbocycles. The Morgan fingerprint density at radius 1 is 1.32 bits per heavy atom. The van der Waals surface area contributed by atoms with Gasteiger partial charge in [-0.1, -0.05) is 0 Å². The van der Waals surface area contributed by atoms with Crippen LogP contribution in [0.25, 0.3) is 0 Å². The monoisotopic (exact) mass is 303 g/mol. The van der Waals surface area contributed by atoms with Crippen molar-refractivity contribution in [1.82, 2.24) is 9.88 Å². The van der Waals surface area contributed by atoms with Crippen molar-refractivity contribution in [3.63, 3.8) is 0 Å². The van der Waals surface area contributed by atoms with E-state index in [0.29, 0.717) is 12.0 Å². The number of aromatic nitrogens is 1. The van der Waals surface area contributed by atoms with E-state index in [1.807, 2.05) is 11.1 Å². The summed E-state index contributed by atoms with van der Waals surface area (Å²) in [7, 11) is 0. The van der Waals surface area contributed by atoms with Crippen LogP contribution >= 0.6 is 0 Å². The maximum atomic E-state index is 11.5. The van der Waals surface area contributed by atoms with Gasteiger partial charge in [-0.15, -0.1) is 0 Å². The molecule has 2 saturated heterocycles. The van der Waals surface area contributed by atoms with Crippen molar-refractivity contribution in [2.75, 3.05) is 31.6 Å². The molecule has 1 aromatic heterocycles. The Labute approximate surface area is 132 Å². The summed E-state index contributed by atoms with van der Waals surface area (Å²) in [6.07, 6.45) is 6.21. The standard InChI is InChI=1S/C17H25N3O2/c1-13(21)20-8-2-3-14(12-20)17-5-4-16(11-18-17)19-15-6-9-22-10-7-15/h4-5,11,14-15,19H,2-3,6-10,12H2,1H3. The van der Waals surface area contributed by atoms with Gasteiger partial charge in [0.1, 0.15) is 0 Å². The molecule has 120 valence electrons. The summed E-state index contributed by atoms with van der Waals surface area (Å²) in [5.41, 5.74) is 2.18. The molecular formula is C17H25N3O2. The van der Waals surface area contributed by atoms with Gasteiger partial charge in [-0.05, 0) is 37.8 Å². The summed E-state index contributed by atoms with van der Waals surface area (Å²) < 4.78 is 5.38. The van der Waals surface area contributed by atoms with Gasteiger partial charge < -0.3 is 15.0 Å². The van der Waals surface area contributed by atoms with Crippen LogP contribution < -0.4 is 5.32 Å². The van der Waals surface area contributed by atoms with Crippen molar-refractivity contribution >= 4 is 11.6 Å². The number of carbonyl (C=O) groups is 1. The van der Waals surface area contributed by atoms with Crippen molar-refractivity contribution in [1.29, 1.82) is 0 Å². The fourth-order valence-corrected chi connectivity index (χ4v) is 3.31. The molecule has 5 heteroatoms. The van der Waals surface area contributed by atoms with E-state index in [9.17, 15) is 4.79 Å². The zero-order valence-electron chi connectivity index (χ0n) is 13.3. The first-order chi connectivity index (χ1) is 10.7. The molecule has 1 unspecified atom stereocenters. The first-order valence-corrected chi connectivity index (χ1v) is 8.28. The first kappa shape index (κ1) is 15.3. The van der Waals surface area contributed by atoms with Gasteiger partial charge in [0.25, 0.3) is 0 Å². The number of hydrogen-bond donors (Lipinski definition) is 1. The maximum Gasteiger partial charge on any atom is 0.219 e. The quantitative estimate of drug-likeness (QED) is 0.931. The van der Waals surface area contributed by atoms with Gasteiger partial charge in [-0.2, -0.15) is 0 Å². The second kappa shape index (κ2) is 7.09. The van der Waals surface area contributed by atoms with E-state index < -0.39 is 0 Å². The molecular weight excluding hydrogens is 278 g/mol. The molecule has 2 aliphatic rings. The Morgan fingerprint density at radius 3 is 2.82 bits per heavy atom. The lowest BCUT2D eigenvalue weighted by atomic mass is 9.94. The van der Waals surface area contributed by atoms with Crippen LogP contribution in [0.3, 0.4) is 0 Å². The Morgan fingerprint density at radius 2 is 2.14 bits per heavy atom. The second-order valence-electron chi connectivity index (χ2n) is 6.31. The SMILES string of the molecule is CC(=O)N1CCCC(c2ccc(NC3CCOCC3)cn2)C1. The van der Waals surface area contributed by atoms with Gasteiger partial charge in [0.05, 0.1) is 11.9 Å². The van der Waals surface area contributed by atoms with Gasteiger partial charge in [0.2, 0.25) is 5.91 Å². The predicted octanol–water partition coefficient (Wildman–Crippen LogP) is 2.40. The summed E-state index contributed by atoms with van der Waals surface area (Å²) in [4.78, 5) is 18.1. The van der Waals surface area contributed by atoms with E-state index in [2.05, 4.69) is 22.4 Å². The molecule has 2 fully saturated rings. The van der Waals surface area contributed by atoms with Gasteiger partial charge in [0.15, 0.2) is 0 Å². The maximum absolute atomic E-state index is 11.5. The van der Waals surface area contributed by atoms with Crippen molar-refractivity contribution < 1.29 is 9.53 Å². The van der Waals surface area contributed by atoms with Crippen molar-refractivity contribution in [3.8, 4) is 0 Å². The van der Waals surface area contributed by atoms with Gasteiger partial charge in [0, 0.05) is 50.9 Å². The minimum absolute atomic E-state index is 0.169. The Kier molecular flexibility index (Phi) is 4.93.